The molecule has 3 aliphatic carbocycles. The fourth-order valence-corrected chi connectivity index (χ4v) is 6.41. The molecular weight excluding hydrogens is 424 g/mol. The number of carboxylic acids is 1. The predicted octanol–water partition coefficient (Wildman–Crippen LogP) is 5.35. The summed E-state index contributed by atoms with van der Waals surface area (Å²) in [6.07, 6.45) is 1.07. The van der Waals surface area contributed by atoms with Gasteiger partial charge in [0.15, 0.2) is 0 Å². The SMILES string of the molecule is C[C@]12Cc3cnn(-c4ccc(F)cc4)c3C[C@H]1CC[C@H]1C2=CC[C@@H](C(F)(F)F)[C@@H]1C(=O)O. The van der Waals surface area contributed by atoms with Crippen LogP contribution in [0.4, 0.5) is 17.6 Å². The number of allylic oxidation sites excluding steroid dienone is 2. The lowest BCUT2D eigenvalue weighted by Gasteiger charge is -2.53. The highest BCUT2D eigenvalue weighted by atomic mass is 19.4. The Balaban J connectivity index is 1.52. The van der Waals surface area contributed by atoms with Gasteiger partial charge in [0.25, 0.3) is 0 Å². The molecule has 0 radical (unpaired) electrons. The van der Waals surface area contributed by atoms with Crippen molar-refractivity contribution < 1.29 is 27.5 Å². The van der Waals surface area contributed by atoms with E-state index in [2.05, 4.69) is 12.0 Å². The van der Waals surface area contributed by atoms with Gasteiger partial charge in [0.2, 0.25) is 0 Å². The van der Waals surface area contributed by atoms with Gasteiger partial charge in [0.1, 0.15) is 5.82 Å². The molecule has 0 bridgehead atoms. The fourth-order valence-electron chi connectivity index (χ4n) is 6.41. The van der Waals surface area contributed by atoms with Gasteiger partial charge < -0.3 is 5.11 Å². The highest BCUT2D eigenvalue weighted by molar-refractivity contribution is 5.72. The van der Waals surface area contributed by atoms with Crippen LogP contribution in [0.3, 0.4) is 0 Å². The number of alkyl halides is 3. The second kappa shape index (κ2) is 7.18. The molecule has 3 aliphatic rings. The Hall–Kier alpha value is -2.64. The molecule has 0 amide bonds. The van der Waals surface area contributed by atoms with Crippen molar-refractivity contribution in [2.24, 2.45) is 29.1 Å². The number of rotatable bonds is 2. The normalized spacial score (nSPS) is 31.8. The van der Waals surface area contributed by atoms with E-state index in [-0.39, 0.29) is 18.2 Å². The number of nitrogens with zero attached hydrogens (tertiary/aromatic N) is 2. The van der Waals surface area contributed by atoms with Crippen molar-refractivity contribution in [3.63, 3.8) is 0 Å². The largest absolute Gasteiger partial charge is 0.481 e. The van der Waals surface area contributed by atoms with Crippen LogP contribution in [0.2, 0.25) is 0 Å². The molecule has 0 saturated heterocycles. The number of carbonyl (C=O) groups is 1. The molecule has 8 heteroatoms. The van der Waals surface area contributed by atoms with E-state index in [1.165, 1.54) is 12.1 Å². The Morgan fingerprint density at radius 3 is 2.59 bits per heavy atom. The highest BCUT2D eigenvalue weighted by Gasteiger charge is 2.57. The van der Waals surface area contributed by atoms with Crippen LogP contribution < -0.4 is 0 Å². The number of hydrogen-bond donors (Lipinski definition) is 1. The van der Waals surface area contributed by atoms with Crippen molar-refractivity contribution >= 4 is 5.97 Å². The van der Waals surface area contributed by atoms with Crippen LogP contribution in [-0.4, -0.2) is 27.0 Å². The summed E-state index contributed by atoms with van der Waals surface area (Å²) in [4.78, 5) is 11.9. The molecule has 0 aliphatic heterocycles. The molecule has 1 fully saturated rings. The Bertz CT molecular complexity index is 1090. The van der Waals surface area contributed by atoms with E-state index in [4.69, 9.17) is 0 Å². The maximum atomic E-state index is 13.6. The molecule has 5 atom stereocenters. The summed E-state index contributed by atoms with van der Waals surface area (Å²) in [5.41, 5.74) is 3.30. The quantitative estimate of drug-likeness (QED) is 0.498. The molecule has 0 unspecified atom stereocenters. The molecule has 1 N–H and O–H groups in total. The third-order valence-electron chi connectivity index (χ3n) is 7.97. The lowest BCUT2D eigenvalue weighted by Crippen LogP contribution is -2.50. The summed E-state index contributed by atoms with van der Waals surface area (Å²) in [5, 5.41) is 14.2. The Morgan fingerprint density at radius 2 is 1.94 bits per heavy atom. The smallest absolute Gasteiger partial charge is 0.392 e. The third-order valence-corrected chi connectivity index (χ3v) is 7.97. The van der Waals surface area contributed by atoms with Crippen LogP contribution in [0, 0.1) is 34.9 Å². The van der Waals surface area contributed by atoms with Gasteiger partial charge in [-0.3, -0.25) is 4.79 Å². The number of halogens is 4. The molecule has 1 saturated carbocycles. The average molecular weight is 448 g/mol. The zero-order valence-corrected chi connectivity index (χ0v) is 17.6. The van der Waals surface area contributed by atoms with Crippen molar-refractivity contribution in [2.75, 3.05) is 0 Å². The van der Waals surface area contributed by atoms with Gasteiger partial charge in [-0.05, 0) is 79.2 Å². The van der Waals surface area contributed by atoms with E-state index >= 15 is 0 Å². The molecule has 1 heterocycles. The summed E-state index contributed by atoms with van der Waals surface area (Å²) < 4.78 is 55.9. The molecule has 2 aromatic rings. The maximum Gasteiger partial charge on any atom is 0.392 e. The van der Waals surface area contributed by atoms with Crippen LogP contribution >= 0.6 is 0 Å². The molecule has 0 spiro atoms. The number of hydrogen-bond acceptors (Lipinski definition) is 2. The third kappa shape index (κ3) is 3.18. The first-order chi connectivity index (χ1) is 15.1. The van der Waals surface area contributed by atoms with Gasteiger partial charge in [-0.2, -0.15) is 18.3 Å². The van der Waals surface area contributed by atoms with Gasteiger partial charge in [-0.15, -0.1) is 0 Å². The van der Waals surface area contributed by atoms with Crippen LogP contribution in [0.25, 0.3) is 5.69 Å². The van der Waals surface area contributed by atoms with Gasteiger partial charge in [-0.1, -0.05) is 18.6 Å². The molecule has 1 aromatic carbocycles. The number of carboxylic acid groups (broad SMARTS) is 1. The second-order valence-corrected chi connectivity index (χ2v) is 9.59. The molecular formula is C24H24F4N2O2. The number of aromatic nitrogens is 2. The fraction of sp³-hybridized carbons (Fsp3) is 0.500. The first-order valence-electron chi connectivity index (χ1n) is 10.9. The number of benzene rings is 1. The summed E-state index contributed by atoms with van der Waals surface area (Å²) in [7, 11) is 0. The zero-order valence-electron chi connectivity index (χ0n) is 17.6. The summed E-state index contributed by atoms with van der Waals surface area (Å²) in [6.45, 7) is 2.07. The minimum absolute atomic E-state index is 0.185. The summed E-state index contributed by atoms with van der Waals surface area (Å²) in [5.74, 6) is -5.36. The lowest BCUT2D eigenvalue weighted by molar-refractivity contribution is -0.203. The molecule has 1 aromatic heterocycles. The van der Waals surface area contributed by atoms with E-state index in [0.717, 1.165) is 22.5 Å². The minimum Gasteiger partial charge on any atom is -0.481 e. The van der Waals surface area contributed by atoms with Crippen LogP contribution in [-0.2, 0) is 17.6 Å². The van der Waals surface area contributed by atoms with Gasteiger partial charge in [-0.25, -0.2) is 9.07 Å². The van der Waals surface area contributed by atoms with E-state index in [0.29, 0.717) is 25.7 Å². The molecule has 32 heavy (non-hydrogen) atoms. The van der Waals surface area contributed by atoms with Crippen molar-refractivity contribution in [2.45, 2.75) is 45.2 Å². The summed E-state index contributed by atoms with van der Waals surface area (Å²) >= 11 is 0. The van der Waals surface area contributed by atoms with Crippen molar-refractivity contribution in [1.82, 2.24) is 9.78 Å². The zero-order chi connectivity index (χ0) is 22.8. The van der Waals surface area contributed by atoms with Crippen LogP contribution in [0.15, 0.2) is 42.1 Å². The monoisotopic (exact) mass is 448 g/mol. The minimum atomic E-state index is -4.53. The van der Waals surface area contributed by atoms with Gasteiger partial charge >= 0.3 is 12.1 Å². The standard InChI is InChI=1S/C24H24F4N2O2/c1-23-11-13-12-29-30(16-5-3-15(25)4-6-16)20(13)10-14(23)2-7-17-18(23)8-9-19(24(26,27)28)21(17)22(31)32/h3-6,8,12,14,17,19,21H,2,7,9-11H2,1H3,(H,31,32)/t14-,17+,19-,21-,23+/m1/s1. The number of aliphatic carboxylic acids is 1. The number of fused-ring (bicyclic) bond motifs is 4. The molecule has 4 nitrogen and oxygen atoms in total. The van der Waals surface area contributed by atoms with Crippen molar-refractivity contribution in [1.29, 1.82) is 0 Å². The molecule has 170 valence electrons. The highest BCUT2D eigenvalue weighted by Crippen LogP contribution is 2.59. The van der Waals surface area contributed by atoms with E-state index < -0.39 is 35.3 Å². The van der Waals surface area contributed by atoms with E-state index in [1.807, 2.05) is 4.68 Å². The Labute approximate surface area is 182 Å². The topological polar surface area (TPSA) is 55.1 Å². The Morgan fingerprint density at radius 1 is 1.22 bits per heavy atom. The second-order valence-electron chi connectivity index (χ2n) is 9.59. The van der Waals surface area contributed by atoms with Crippen molar-refractivity contribution in [3.8, 4) is 5.69 Å². The maximum absolute atomic E-state index is 13.6. The van der Waals surface area contributed by atoms with Gasteiger partial charge in [0, 0.05) is 5.69 Å². The predicted molar refractivity (Wildman–Crippen MR) is 109 cm³/mol. The lowest BCUT2D eigenvalue weighted by atomic mass is 9.51. The van der Waals surface area contributed by atoms with Crippen LogP contribution in [0.1, 0.15) is 37.4 Å². The van der Waals surface area contributed by atoms with Crippen molar-refractivity contribution in [3.05, 3.63) is 59.2 Å². The van der Waals surface area contributed by atoms with Crippen LogP contribution in [0.5, 0.6) is 0 Å². The van der Waals surface area contributed by atoms with E-state index in [1.54, 1.807) is 24.4 Å². The Kier molecular flexibility index (Phi) is 4.76. The summed E-state index contributed by atoms with van der Waals surface area (Å²) in [6, 6.07) is 6.12. The van der Waals surface area contributed by atoms with Gasteiger partial charge in [0.05, 0.1) is 23.7 Å². The first kappa shape index (κ1) is 21.2. The average Bonchev–Trinajstić information content (AvgIpc) is 3.13. The molecule has 5 rings (SSSR count). The van der Waals surface area contributed by atoms with E-state index in [9.17, 15) is 27.5 Å². The first-order valence-corrected chi connectivity index (χ1v) is 10.9.